The summed E-state index contributed by atoms with van der Waals surface area (Å²) in [5.41, 5.74) is 0.798. The Hall–Kier alpha value is -2.31. The number of H-pyrrole nitrogens is 1. The van der Waals surface area contributed by atoms with Crippen molar-refractivity contribution in [1.29, 1.82) is 0 Å². The number of nitrogens with zero attached hydrogens (tertiary/aromatic N) is 3. The van der Waals surface area contributed by atoms with Gasteiger partial charge in [-0.1, -0.05) is 6.07 Å². The number of aromatic nitrogens is 3. The number of aromatic amines is 1. The van der Waals surface area contributed by atoms with Crippen LogP contribution in [0.2, 0.25) is 0 Å². The number of carbonyl (C=O) groups is 1. The summed E-state index contributed by atoms with van der Waals surface area (Å²) in [4.78, 5) is 18.6. The molecule has 1 N–H and O–H groups in total. The van der Waals surface area contributed by atoms with E-state index in [0.717, 1.165) is 43.7 Å². The number of halogens is 2. The van der Waals surface area contributed by atoms with E-state index in [-0.39, 0.29) is 5.91 Å². The largest absolute Gasteiger partial charge is 0.342 e. The van der Waals surface area contributed by atoms with E-state index in [2.05, 4.69) is 15.2 Å². The first-order chi connectivity index (χ1) is 12.5. The summed E-state index contributed by atoms with van der Waals surface area (Å²) in [5, 5.41) is 6.84. The molecule has 0 aliphatic carbocycles. The lowest BCUT2D eigenvalue weighted by atomic mass is 9.91. The molecule has 1 amide bonds. The Labute approximate surface area is 151 Å². The molecule has 1 aliphatic rings. The van der Waals surface area contributed by atoms with Crippen molar-refractivity contribution in [3.05, 3.63) is 47.0 Å². The molecule has 1 atom stereocenters. The number of hydrogen-bond acceptors (Lipinski definition) is 3. The highest BCUT2D eigenvalue weighted by Gasteiger charge is 2.23. The van der Waals surface area contributed by atoms with Gasteiger partial charge in [0.25, 0.3) is 0 Å². The highest BCUT2D eigenvalue weighted by Crippen LogP contribution is 2.23. The fourth-order valence-corrected chi connectivity index (χ4v) is 3.47. The predicted molar refractivity (Wildman–Crippen MR) is 93.4 cm³/mol. The van der Waals surface area contributed by atoms with Gasteiger partial charge >= 0.3 is 0 Å². The fourth-order valence-electron chi connectivity index (χ4n) is 3.47. The first kappa shape index (κ1) is 18.5. The zero-order valence-electron chi connectivity index (χ0n) is 15.0. The average Bonchev–Trinajstić information content (AvgIpc) is 3.06. The van der Waals surface area contributed by atoms with Gasteiger partial charge in [-0.25, -0.2) is 13.8 Å². The molecule has 26 heavy (non-hydrogen) atoms. The van der Waals surface area contributed by atoms with Gasteiger partial charge in [-0.15, -0.1) is 0 Å². The molecule has 1 saturated heterocycles. The molecule has 5 nitrogen and oxygen atoms in total. The van der Waals surface area contributed by atoms with Crippen molar-refractivity contribution < 1.29 is 13.6 Å². The first-order valence-electron chi connectivity index (χ1n) is 9.11. The fraction of sp³-hybridized carbons (Fsp3) is 0.526. The zero-order valence-corrected chi connectivity index (χ0v) is 15.0. The second-order valence-corrected chi connectivity index (χ2v) is 6.97. The van der Waals surface area contributed by atoms with Crippen molar-refractivity contribution in [2.24, 2.45) is 5.92 Å². The Balaban J connectivity index is 1.47. The number of carbonyl (C=O) groups excluding carboxylic acids is 1. The van der Waals surface area contributed by atoms with Crippen LogP contribution in [-0.4, -0.2) is 39.1 Å². The minimum absolute atomic E-state index is 0.130. The minimum atomic E-state index is -0.815. The number of likely N-dealkylation sites (tertiary alicyclic amines) is 1. The van der Waals surface area contributed by atoms with E-state index < -0.39 is 11.6 Å². The number of hydrogen-bond donors (Lipinski definition) is 1. The average molecular weight is 362 g/mol. The monoisotopic (exact) mass is 362 g/mol. The van der Waals surface area contributed by atoms with Crippen molar-refractivity contribution in [2.45, 2.75) is 45.4 Å². The number of amides is 1. The van der Waals surface area contributed by atoms with Crippen LogP contribution in [0.3, 0.4) is 0 Å². The van der Waals surface area contributed by atoms with Crippen LogP contribution in [0.5, 0.6) is 0 Å². The zero-order chi connectivity index (χ0) is 18.5. The molecule has 2 heterocycles. The van der Waals surface area contributed by atoms with Crippen LogP contribution in [0.1, 0.15) is 42.9 Å². The van der Waals surface area contributed by atoms with Gasteiger partial charge in [-0.2, -0.15) is 5.10 Å². The van der Waals surface area contributed by atoms with Gasteiger partial charge in [0.15, 0.2) is 17.5 Å². The van der Waals surface area contributed by atoms with E-state index in [0.29, 0.717) is 31.0 Å². The van der Waals surface area contributed by atoms with E-state index in [1.807, 2.05) is 11.8 Å². The van der Waals surface area contributed by atoms with Gasteiger partial charge in [-0.05, 0) is 56.2 Å². The quantitative estimate of drug-likeness (QED) is 0.858. The summed E-state index contributed by atoms with van der Waals surface area (Å²) >= 11 is 0. The summed E-state index contributed by atoms with van der Waals surface area (Å²) < 4.78 is 26.3. The number of benzene rings is 1. The van der Waals surface area contributed by atoms with E-state index in [4.69, 9.17) is 0 Å². The Kier molecular flexibility index (Phi) is 5.96. The van der Waals surface area contributed by atoms with E-state index in [1.165, 1.54) is 12.1 Å². The third-order valence-corrected chi connectivity index (χ3v) is 4.90. The predicted octanol–water partition coefficient (Wildman–Crippen LogP) is 3.20. The molecule has 1 aliphatic heterocycles. The number of nitrogens with one attached hydrogen (secondary N) is 1. The van der Waals surface area contributed by atoms with Crippen molar-refractivity contribution in [3.63, 3.8) is 0 Å². The Morgan fingerprint density at radius 2 is 2.15 bits per heavy atom. The number of rotatable bonds is 6. The first-order valence-corrected chi connectivity index (χ1v) is 9.11. The maximum absolute atomic E-state index is 13.3. The standard InChI is InChI=1S/C19H24F2N4O/c1-13-22-18(24-23-13)8-9-19(26)25-10-2-3-15(12-25)5-4-14-6-7-16(20)17(21)11-14/h6-7,11,15H,2-5,8-10,12H2,1H3,(H,22,23,24). The number of piperidine rings is 1. The Morgan fingerprint density at radius 3 is 2.88 bits per heavy atom. The van der Waals surface area contributed by atoms with Crippen molar-refractivity contribution in [2.75, 3.05) is 13.1 Å². The molecule has 1 aromatic heterocycles. The third-order valence-electron chi connectivity index (χ3n) is 4.90. The molecule has 0 radical (unpaired) electrons. The minimum Gasteiger partial charge on any atom is -0.342 e. The van der Waals surface area contributed by atoms with Crippen molar-refractivity contribution >= 4 is 5.91 Å². The van der Waals surface area contributed by atoms with Crippen LogP contribution in [0.15, 0.2) is 18.2 Å². The third kappa shape index (κ3) is 4.86. The maximum Gasteiger partial charge on any atom is 0.223 e. The van der Waals surface area contributed by atoms with E-state index in [1.54, 1.807) is 6.07 Å². The van der Waals surface area contributed by atoms with Crippen LogP contribution < -0.4 is 0 Å². The smallest absolute Gasteiger partial charge is 0.223 e. The second-order valence-electron chi connectivity index (χ2n) is 6.97. The van der Waals surface area contributed by atoms with Gasteiger partial charge in [0.2, 0.25) is 5.91 Å². The van der Waals surface area contributed by atoms with Crippen LogP contribution >= 0.6 is 0 Å². The summed E-state index contributed by atoms with van der Waals surface area (Å²) in [6.45, 7) is 3.35. The molecule has 1 fully saturated rings. The molecule has 140 valence electrons. The van der Waals surface area contributed by atoms with Gasteiger partial charge in [-0.3, -0.25) is 9.89 Å². The topological polar surface area (TPSA) is 61.9 Å². The van der Waals surface area contributed by atoms with Gasteiger partial charge in [0.1, 0.15) is 5.82 Å². The van der Waals surface area contributed by atoms with Crippen LogP contribution in [0.25, 0.3) is 0 Å². The highest BCUT2D eigenvalue weighted by atomic mass is 19.2. The summed E-state index contributed by atoms with van der Waals surface area (Å²) in [7, 11) is 0. The lowest BCUT2D eigenvalue weighted by Crippen LogP contribution is -2.40. The van der Waals surface area contributed by atoms with Crippen LogP contribution in [0.4, 0.5) is 8.78 Å². The van der Waals surface area contributed by atoms with Crippen molar-refractivity contribution in [1.82, 2.24) is 20.1 Å². The molecule has 0 bridgehead atoms. The van der Waals surface area contributed by atoms with Gasteiger partial charge in [0.05, 0.1) is 0 Å². The van der Waals surface area contributed by atoms with Gasteiger partial charge < -0.3 is 4.90 Å². The molecule has 3 rings (SSSR count). The molecule has 0 spiro atoms. The number of aryl methyl sites for hydroxylation is 3. The Bertz CT molecular complexity index is 762. The highest BCUT2D eigenvalue weighted by molar-refractivity contribution is 5.76. The van der Waals surface area contributed by atoms with Crippen LogP contribution in [-0.2, 0) is 17.6 Å². The molecule has 0 saturated carbocycles. The van der Waals surface area contributed by atoms with E-state index >= 15 is 0 Å². The molecule has 2 aromatic rings. The molecule has 1 unspecified atom stereocenters. The SMILES string of the molecule is Cc1nc(CCC(=O)N2CCCC(CCc3ccc(F)c(F)c3)C2)n[nH]1. The normalized spacial score (nSPS) is 17.5. The second kappa shape index (κ2) is 8.38. The van der Waals surface area contributed by atoms with E-state index in [9.17, 15) is 13.6 Å². The van der Waals surface area contributed by atoms with Crippen molar-refractivity contribution in [3.8, 4) is 0 Å². The lowest BCUT2D eigenvalue weighted by Gasteiger charge is -2.33. The Morgan fingerprint density at radius 1 is 1.31 bits per heavy atom. The summed E-state index contributed by atoms with van der Waals surface area (Å²) in [6, 6.07) is 4.06. The van der Waals surface area contributed by atoms with Crippen LogP contribution in [0, 0.1) is 24.5 Å². The molecular weight excluding hydrogens is 338 g/mol. The molecule has 7 heteroatoms. The lowest BCUT2D eigenvalue weighted by molar-refractivity contribution is -0.133. The molecular formula is C19H24F2N4O. The molecule has 1 aromatic carbocycles. The maximum atomic E-state index is 13.3. The summed E-state index contributed by atoms with van der Waals surface area (Å²) in [5.74, 6) is 0.331. The summed E-state index contributed by atoms with van der Waals surface area (Å²) in [6.07, 6.45) is 4.56. The van der Waals surface area contributed by atoms with Gasteiger partial charge in [0, 0.05) is 25.9 Å².